The zero-order chi connectivity index (χ0) is 18.0. The molecule has 3 aromatic rings. The summed E-state index contributed by atoms with van der Waals surface area (Å²) in [5, 5.41) is 13.0. The molecule has 0 radical (unpaired) electrons. The van der Waals surface area contributed by atoms with E-state index >= 15 is 0 Å². The fraction of sp³-hybridized carbons (Fsp3) is 0.105. The third-order valence-corrected chi connectivity index (χ3v) is 4.50. The van der Waals surface area contributed by atoms with Crippen LogP contribution < -0.4 is 5.32 Å². The van der Waals surface area contributed by atoms with Crippen molar-refractivity contribution in [2.24, 2.45) is 0 Å². The number of halogens is 2. The lowest BCUT2D eigenvalue weighted by Crippen LogP contribution is -2.01. The van der Waals surface area contributed by atoms with E-state index in [9.17, 15) is 4.79 Å². The average molecular weight is 376 g/mol. The van der Waals surface area contributed by atoms with Gasteiger partial charge < -0.3 is 14.8 Å². The van der Waals surface area contributed by atoms with Crippen LogP contribution in [0.3, 0.4) is 0 Å². The molecule has 0 aliphatic rings. The van der Waals surface area contributed by atoms with Gasteiger partial charge in [-0.3, -0.25) is 0 Å². The lowest BCUT2D eigenvalue weighted by molar-refractivity contribution is 0.0697. The van der Waals surface area contributed by atoms with Crippen LogP contribution in [0.1, 0.15) is 21.7 Å². The zero-order valence-corrected chi connectivity index (χ0v) is 14.9. The number of carboxylic acid groups (broad SMARTS) is 1. The second-order valence-electron chi connectivity index (χ2n) is 5.58. The molecule has 0 spiro atoms. The number of aromatic carboxylic acids is 1. The molecule has 1 heterocycles. The van der Waals surface area contributed by atoms with Gasteiger partial charge in [-0.25, -0.2) is 4.79 Å². The van der Waals surface area contributed by atoms with E-state index in [1.807, 2.05) is 37.3 Å². The smallest absolute Gasteiger partial charge is 0.337 e. The highest BCUT2D eigenvalue weighted by molar-refractivity contribution is 6.33. The van der Waals surface area contributed by atoms with Crippen LogP contribution in [-0.2, 0) is 6.54 Å². The molecule has 0 fully saturated rings. The lowest BCUT2D eigenvalue weighted by Gasteiger charge is -2.06. The maximum Gasteiger partial charge on any atom is 0.337 e. The molecule has 25 heavy (non-hydrogen) atoms. The molecule has 2 aromatic carbocycles. The van der Waals surface area contributed by atoms with Crippen molar-refractivity contribution in [3.05, 3.63) is 75.5 Å². The van der Waals surface area contributed by atoms with Crippen molar-refractivity contribution in [1.29, 1.82) is 0 Å². The standard InChI is InChI=1S/C19H15Cl2NO3/c1-11-2-3-12(8-16(11)20)18-7-5-14(25-18)10-22-13-4-6-15(19(23)24)17(21)9-13/h2-9,22H,10H2,1H3,(H,23,24). The summed E-state index contributed by atoms with van der Waals surface area (Å²) < 4.78 is 5.83. The highest BCUT2D eigenvalue weighted by Gasteiger charge is 2.10. The number of anilines is 1. The molecule has 128 valence electrons. The number of furan rings is 1. The minimum atomic E-state index is -1.05. The summed E-state index contributed by atoms with van der Waals surface area (Å²) in [5.74, 6) is 0.423. The SMILES string of the molecule is Cc1ccc(-c2ccc(CNc3ccc(C(=O)O)c(Cl)c3)o2)cc1Cl. The Balaban J connectivity index is 1.70. The Kier molecular flexibility index (Phi) is 5.02. The quantitative estimate of drug-likeness (QED) is 0.584. The van der Waals surface area contributed by atoms with Crippen LogP contribution in [0.4, 0.5) is 5.69 Å². The molecule has 4 nitrogen and oxygen atoms in total. The molecule has 6 heteroatoms. The van der Waals surface area contributed by atoms with E-state index in [0.29, 0.717) is 17.3 Å². The van der Waals surface area contributed by atoms with Crippen LogP contribution in [0, 0.1) is 6.92 Å². The predicted molar refractivity (Wildman–Crippen MR) is 99.6 cm³/mol. The predicted octanol–water partition coefficient (Wildman–Crippen LogP) is 5.87. The first kappa shape index (κ1) is 17.4. The summed E-state index contributed by atoms with van der Waals surface area (Å²) in [6.07, 6.45) is 0. The fourth-order valence-corrected chi connectivity index (χ4v) is 2.80. The molecule has 0 amide bonds. The second-order valence-corrected chi connectivity index (χ2v) is 6.40. The normalized spacial score (nSPS) is 10.7. The Morgan fingerprint density at radius 1 is 1.08 bits per heavy atom. The fourth-order valence-electron chi connectivity index (χ4n) is 2.36. The first-order valence-electron chi connectivity index (χ1n) is 7.56. The van der Waals surface area contributed by atoms with Crippen molar-refractivity contribution in [2.45, 2.75) is 13.5 Å². The Morgan fingerprint density at radius 3 is 2.56 bits per heavy atom. The number of nitrogens with one attached hydrogen (secondary N) is 1. The van der Waals surface area contributed by atoms with Crippen molar-refractivity contribution in [3.8, 4) is 11.3 Å². The third-order valence-electron chi connectivity index (χ3n) is 3.78. The van der Waals surface area contributed by atoms with Crippen LogP contribution in [0.5, 0.6) is 0 Å². The van der Waals surface area contributed by atoms with Crippen LogP contribution in [0.2, 0.25) is 10.0 Å². The number of hydrogen-bond acceptors (Lipinski definition) is 3. The Hall–Kier alpha value is -2.43. The van der Waals surface area contributed by atoms with Crippen LogP contribution >= 0.6 is 23.2 Å². The van der Waals surface area contributed by atoms with Gasteiger partial charge in [0.25, 0.3) is 0 Å². The van der Waals surface area contributed by atoms with E-state index in [1.54, 1.807) is 12.1 Å². The van der Waals surface area contributed by atoms with Gasteiger partial charge in [0.2, 0.25) is 0 Å². The van der Waals surface area contributed by atoms with E-state index in [1.165, 1.54) is 6.07 Å². The molecule has 0 aliphatic carbocycles. The summed E-state index contributed by atoms with van der Waals surface area (Å²) in [5.41, 5.74) is 2.71. The van der Waals surface area contributed by atoms with Crippen LogP contribution in [0.15, 0.2) is 52.9 Å². The summed E-state index contributed by atoms with van der Waals surface area (Å²) in [7, 11) is 0. The van der Waals surface area contributed by atoms with Crippen molar-refractivity contribution in [2.75, 3.05) is 5.32 Å². The Bertz CT molecular complexity index is 934. The van der Waals surface area contributed by atoms with Crippen LogP contribution in [-0.4, -0.2) is 11.1 Å². The summed E-state index contributed by atoms with van der Waals surface area (Å²) in [6.45, 7) is 2.40. The number of aryl methyl sites for hydroxylation is 1. The maximum absolute atomic E-state index is 11.0. The van der Waals surface area contributed by atoms with Gasteiger partial charge in [0, 0.05) is 16.3 Å². The van der Waals surface area contributed by atoms with Crippen molar-refractivity contribution < 1.29 is 14.3 Å². The summed E-state index contributed by atoms with van der Waals surface area (Å²) in [6, 6.07) is 14.3. The van der Waals surface area contributed by atoms with Crippen molar-refractivity contribution in [3.63, 3.8) is 0 Å². The highest BCUT2D eigenvalue weighted by Crippen LogP contribution is 2.27. The number of rotatable bonds is 5. The molecule has 3 rings (SSSR count). The monoisotopic (exact) mass is 375 g/mol. The number of carboxylic acids is 1. The molecule has 0 bridgehead atoms. The molecule has 0 unspecified atom stereocenters. The van der Waals surface area contributed by atoms with Gasteiger partial charge in [0.1, 0.15) is 11.5 Å². The highest BCUT2D eigenvalue weighted by atomic mass is 35.5. The molecular weight excluding hydrogens is 361 g/mol. The molecule has 0 atom stereocenters. The van der Waals surface area contributed by atoms with E-state index < -0.39 is 5.97 Å². The van der Waals surface area contributed by atoms with Gasteiger partial charge >= 0.3 is 5.97 Å². The Morgan fingerprint density at radius 2 is 1.88 bits per heavy atom. The molecular formula is C19H15Cl2NO3. The first-order chi connectivity index (χ1) is 11.9. The Labute approximate surface area is 155 Å². The average Bonchev–Trinajstić information content (AvgIpc) is 3.04. The van der Waals surface area contributed by atoms with Gasteiger partial charge in [-0.05, 0) is 48.9 Å². The van der Waals surface area contributed by atoms with Gasteiger partial charge in [-0.15, -0.1) is 0 Å². The second kappa shape index (κ2) is 7.21. The third kappa shape index (κ3) is 3.98. The van der Waals surface area contributed by atoms with Crippen molar-refractivity contribution >= 4 is 34.9 Å². The maximum atomic E-state index is 11.0. The van der Waals surface area contributed by atoms with Gasteiger partial charge in [-0.1, -0.05) is 35.3 Å². The van der Waals surface area contributed by atoms with Crippen LogP contribution in [0.25, 0.3) is 11.3 Å². The zero-order valence-electron chi connectivity index (χ0n) is 13.3. The van der Waals surface area contributed by atoms with E-state index in [2.05, 4.69) is 5.32 Å². The molecule has 2 N–H and O–H groups in total. The van der Waals surface area contributed by atoms with E-state index in [4.69, 9.17) is 32.7 Å². The largest absolute Gasteiger partial charge is 0.478 e. The lowest BCUT2D eigenvalue weighted by atomic mass is 10.1. The number of carbonyl (C=O) groups is 1. The summed E-state index contributed by atoms with van der Waals surface area (Å²) >= 11 is 12.1. The number of hydrogen-bond donors (Lipinski definition) is 2. The number of benzene rings is 2. The van der Waals surface area contributed by atoms with Gasteiger partial charge in [-0.2, -0.15) is 0 Å². The topological polar surface area (TPSA) is 62.5 Å². The minimum absolute atomic E-state index is 0.0729. The molecule has 0 saturated carbocycles. The minimum Gasteiger partial charge on any atom is -0.478 e. The van der Waals surface area contributed by atoms with Crippen molar-refractivity contribution in [1.82, 2.24) is 0 Å². The van der Waals surface area contributed by atoms with Gasteiger partial charge in [0.15, 0.2) is 0 Å². The molecule has 0 aliphatic heterocycles. The molecule has 0 saturated heterocycles. The molecule has 1 aromatic heterocycles. The van der Waals surface area contributed by atoms with E-state index in [0.717, 1.165) is 22.6 Å². The van der Waals surface area contributed by atoms with E-state index in [-0.39, 0.29) is 10.6 Å². The summed E-state index contributed by atoms with van der Waals surface area (Å²) in [4.78, 5) is 11.0. The first-order valence-corrected chi connectivity index (χ1v) is 8.31. The van der Waals surface area contributed by atoms with Gasteiger partial charge in [0.05, 0.1) is 17.1 Å².